The minimum absolute atomic E-state index is 0.0218. The van der Waals surface area contributed by atoms with Crippen LogP contribution in [0.4, 0.5) is 8.78 Å². The van der Waals surface area contributed by atoms with Gasteiger partial charge in [0.25, 0.3) is 5.91 Å². The van der Waals surface area contributed by atoms with Crippen molar-refractivity contribution in [2.45, 2.75) is 18.5 Å². The van der Waals surface area contributed by atoms with E-state index < -0.39 is 43.7 Å². The summed E-state index contributed by atoms with van der Waals surface area (Å²) in [6.45, 7) is 0.269. The molecule has 0 saturated heterocycles. The van der Waals surface area contributed by atoms with Crippen LogP contribution >= 0.6 is 7.14 Å². The second-order valence-electron chi connectivity index (χ2n) is 9.20. The number of hydrogen-bond donors (Lipinski definition) is 0. The Kier molecular flexibility index (Phi) is 3.77. The van der Waals surface area contributed by atoms with Gasteiger partial charge in [0, 0.05) is 33.9 Å². The van der Waals surface area contributed by atoms with Gasteiger partial charge in [0.15, 0.2) is 0 Å². The molecule has 2 atom stereocenters. The molecular weight excluding hydrogens is 455 g/mol. The molecule has 2 bridgehead atoms. The molecule has 0 aliphatic carbocycles. The summed E-state index contributed by atoms with van der Waals surface area (Å²) in [5.41, 5.74) is 2.57. The van der Waals surface area contributed by atoms with Gasteiger partial charge in [0.1, 0.15) is 24.6 Å². The first-order chi connectivity index (χ1) is 17.4. The highest BCUT2D eigenvalue weighted by molar-refractivity contribution is 7.70. The lowest BCUT2D eigenvalue weighted by Crippen LogP contribution is -2.30. The second-order valence-corrected chi connectivity index (χ2v) is 12.4. The van der Waals surface area contributed by atoms with Crippen molar-refractivity contribution in [3.8, 4) is 11.1 Å². The molecule has 3 heterocycles. The number of carbonyl (C=O) groups excluding carboxylic acids is 1. The van der Waals surface area contributed by atoms with Crippen molar-refractivity contribution in [2.75, 3.05) is 20.3 Å². The largest absolute Gasteiger partial charge is 0.331 e. The van der Waals surface area contributed by atoms with Crippen molar-refractivity contribution in [3.63, 3.8) is 0 Å². The average Bonchev–Trinajstić information content (AvgIpc) is 3.30. The van der Waals surface area contributed by atoms with Gasteiger partial charge in [-0.2, -0.15) is 0 Å². The fourth-order valence-electron chi connectivity index (χ4n) is 5.20. The molecule has 34 heavy (non-hydrogen) atoms. The molecule has 0 fully saturated rings. The summed E-state index contributed by atoms with van der Waals surface area (Å²) < 4.78 is 68.4. The number of fused-ring (bicyclic) bond motifs is 9. The van der Waals surface area contributed by atoms with Gasteiger partial charge >= 0.3 is 0 Å². The zero-order chi connectivity index (χ0) is 26.4. The fourth-order valence-corrected chi connectivity index (χ4v) is 6.21. The number of halogens is 2. The zero-order valence-electron chi connectivity index (χ0n) is 21.4. The van der Waals surface area contributed by atoms with Crippen molar-refractivity contribution in [1.82, 2.24) is 14.5 Å². The normalized spacial score (nSPS) is 21.0. The summed E-state index contributed by atoms with van der Waals surface area (Å²) in [5.74, 6) is -1.52. The fraction of sp³-hybridized carbons (Fsp3) is 0.231. The summed E-state index contributed by atoms with van der Waals surface area (Å²) in [5, 5.41) is 0.175. The van der Waals surface area contributed by atoms with Crippen LogP contribution < -0.4 is 5.30 Å². The first kappa shape index (κ1) is 18.1. The van der Waals surface area contributed by atoms with Crippen LogP contribution in [0.2, 0.25) is 0 Å². The first-order valence-electron chi connectivity index (χ1n) is 12.4. The molecule has 0 N–H and O–H groups in total. The first-order valence-corrected chi connectivity index (χ1v) is 13.5. The van der Waals surface area contributed by atoms with Crippen LogP contribution in [0, 0.1) is 11.6 Å². The molecule has 6 rings (SSSR count). The van der Waals surface area contributed by atoms with Gasteiger partial charge in [-0.25, -0.2) is 13.8 Å². The zero-order valence-corrected chi connectivity index (χ0v) is 19.3. The highest BCUT2D eigenvalue weighted by Crippen LogP contribution is 2.48. The summed E-state index contributed by atoms with van der Waals surface area (Å²) in [6.07, 6.45) is 0.173. The third kappa shape index (κ3) is 2.93. The third-order valence-electron chi connectivity index (χ3n) is 6.78. The number of benzene rings is 3. The Morgan fingerprint density at radius 1 is 1.03 bits per heavy atom. The van der Waals surface area contributed by atoms with Gasteiger partial charge in [-0.3, -0.25) is 4.79 Å². The summed E-state index contributed by atoms with van der Waals surface area (Å²) in [4.78, 5) is 18.8. The Morgan fingerprint density at radius 3 is 2.53 bits per heavy atom. The van der Waals surface area contributed by atoms with E-state index in [1.165, 1.54) is 43.7 Å². The van der Waals surface area contributed by atoms with Gasteiger partial charge in [0.2, 0.25) is 0 Å². The molecule has 172 valence electrons. The number of aromatic nitrogens is 2. The van der Waals surface area contributed by atoms with Crippen molar-refractivity contribution in [2.24, 2.45) is 0 Å². The van der Waals surface area contributed by atoms with Gasteiger partial charge in [0.05, 0.1) is 23.1 Å². The van der Waals surface area contributed by atoms with E-state index in [1.54, 1.807) is 28.8 Å². The SMILES string of the molecule is [2H]C([2H])([2H])N1C(=O)c2cccc(F)c2[C@H]2C[C@@H]1c1nc3ccc(-c4ccc(P(C)(C)=O)c(F)c4)cc3n12. The molecule has 2 aliphatic heterocycles. The topological polar surface area (TPSA) is 55.2 Å². The van der Waals surface area contributed by atoms with E-state index in [0.29, 0.717) is 28.0 Å². The Hall–Kier alpha value is -3.31. The maximum atomic E-state index is 15.2. The van der Waals surface area contributed by atoms with E-state index in [1.807, 2.05) is 0 Å². The average molecular weight is 480 g/mol. The molecule has 5 nitrogen and oxygen atoms in total. The smallest absolute Gasteiger partial charge is 0.254 e. The molecule has 3 aromatic carbocycles. The lowest BCUT2D eigenvalue weighted by molar-refractivity contribution is 0.0734. The summed E-state index contributed by atoms with van der Waals surface area (Å²) in [6, 6.07) is 12.5. The van der Waals surface area contributed by atoms with Crippen LogP contribution in [0.3, 0.4) is 0 Å². The van der Waals surface area contributed by atoms with Crippen LogP contribution in [-0.2, 0) is 4.57 Å². The van der Waals surface area contributed by atoms with Crippen LogP contribution in [-0.4, -0.2) is 40.7 Å². The van der Waals surface area contributed by atoms with Gasteiger partial charge in [-0.15, -0.1) is 0 Å². The van der Waals surface area contributed by atoms with Crippen molar-refractivity contribution >= 4 is 29.4 Å². The lowest BCUT2D eigenvalue weighted by Gasteiger charge is -2.23. The maximum Gasteiger partial charge on any atom is 0.254 e. The molecule has 0 saturated carbocycles. The van der Waals surface area contributed by atoms with E-state index in [0.717, 1.165) is 4.90 Å². The Balaban J connectivity index is 1.57. The molecule has 0 spiro atoms. The maximum absolute atomic E-state index is 15.2. The van der Waals surface area contributed by atoms with E-state index >= 15 is 4.39 Å². The number of nitrogens with zero attached hydrogens (tertiary/aromatic N) is 3. The quantitative estimate of drug-likeness (QED) is 0.364. The van der Waals surface area contributed by atoms with Crippen LogP contribution in [0.15, 0.2) is 54.6 Å². The van der Waals surface area contributed by atoms with Crippen LogP contribution in [0.5, 0.6) is 0 Å². The minimum atomic E-state index is -2.79. The predicted octanol–water partition coefficient (Wildman–Crippen LogP) is 5.35. The minimum Gasteiger partial charge on any atom is -0.331 e. The lowest BCUT2D eigenvalue weighted by atomic mass is 9.98. The van der Waals surface area contributed by atoms with E-state index in [4.69, 9.17) is 4.11 Å². The monoisotopic (exact) mass is 480 g/mol. The predicted molar refractivity (Wildman–Crippen MR) is 128 cm³/mol. The Labute approximate surface area is 199 Å². The molecule has 1 amide bonds. The van der Waals surface area contributed by atoms with Crippen molar-refractivity contribution < 1.29 is 22.3 Å². The molecule has 8 heteroatoms. The molecule has 1 aromatic heterocycles. The number of amides is 1. The Morgan fingerprint density at radius 2 is 1.79 bits per heavy atom. The van der Waals surface area contributed by atoms with E-state index in [-0.39, 0.29) is 22.9 Å². The van der Waals surface area contributed by atoms with E-state index in [2.05, 4.69) is 4.98 Å². The molecule has 0 unspecified atom stereocenters. The second kappa shape index (κ2) is 7.09. The van der Waals surface area contributed by atoms with Crippen LogP contribution in [0.25, 0.3) is 22.2 Å². The third-order valence-corrected chi connectivity index (χ3v) is 8.30. The summed E-state index contributed by atoms with van der Waals surface area (Å²) >= 11 is 0. The van der Waals surface area contributed by atoms with Crippen molar-refractivity contribution in [1.29, 1.82) is 0 Å². The number of imidazole rings is 1. The van der Waals surface area contributed by atoms with E-state index in [9.17, 15) is 13.8 Å². The molecule has 0 radical (unpaired) electrons. The number of carbonyl (C=O) groups is 1. The van der Waals surface area contributed by atoms with Gasteiger partial charge in [-0.05, 0) is 60.9 Å². The van der Waals surface area contributed by atoms with Crippen molar-refractivity contribution in [3.05, 3.63) is 83.2 Å². The number of rotatable bonds is 2. The van der Waals surface area contributed by atoms with Crippen LogP contribution in [0.1, 0.15) is 44.4 Å². The number of hydrogen-bond acceptors (Lipinski definition) is 3. The van der Waals surface area contributed by atoms with Gasteiger partial charge < -0.3 is 14.0 Å². The highest BCUT2D eigenvalue weighted by atomic mass is 31.2. The molecule has 2 aliphatic rings. The highest BCUT2D eigenvalue weighted by Gasteiger charge is 2.44. The molecular formula is C26H22F2N3O2P. The standard InChI is InChI=1S/C26H22F2N3O2P/c1-30-22-13-21(24-16(26(30)32)5-4-6-17(24)27)31-20-12-15(7-9-19(20)29-25(22)31)14-8-10-23(18(28)11-14)34(2,3)33/h4-12,21-22H,13H2,1-3H3/t21-,22-/m1/s1/i1D3. The Bertz CT molecular complexity index is 1680. The molecule has 4 aromatic rings. The summed E-state index contributed by atoms with van der Waals surface area (Å²) in [7, 11) is -2.79. The van der Waals surface area contributed by atoms with Gasteiger partial charge in [-0.1, -0.05) is 18.2 Å².